The van der Waals surface area contributed by atoms with Gasteiger partial charge in [-0.3, -0.25) is 38.4 Å². The third kappa shape index (κ3) is 19.3. The molecular formula is C71H118N10O14S2. The first-order chi connectivity index (χ1) is 44.8. The van der Waals surface area contributed by atoms with Crippen LogP contribution in [-0.2, 0) is 58.0 Å². The Morgan fingerprint density at radius 2 is 1.10 bits per heavy atom. The lowest BCUT2D eigenvalue weighted by molar-refractivity contribution is -0.145. The highest BCUT2D eigenvalue weighted by Gasteiger charge is 2.70. The van der Waals surface area contributed by atoms with Crippen LogP contribution in [0, 0.1) is 45.8 Å². The highest BCUT2D eigenvalue weighted by Crippen LogP contribution is 2.65. The number of amides is 10. The molecule has 548 valence electrons. The van der Waals surface area contributed by atoms with Gasteiger partial charge in [-0.25, -0.2) is 26.4 Å². The fourth-order valence-corrected chi connectivity index (χ4v) is 18.3. The molecule has 7 aliphatic rings. The van der Waals surface area contributed by atoms with Crippen molar-refractivity contribution in [3.63, 3.8) is 0 Å². The number of urea groups is 2. The van der Waals surface area contributed by atoms with Gasteiger partial charge in [-0.1, -0.05) is 126 Å². The first-order valence-electron chi connectivity index (χ1n) is 35.9. The summed E-state index contributed by atoms with van der Waals surface area (Å²) < 4.78 is 53.3. The van der Waals surface area contributed by atoms with Crippen molar-refractivity contribution in [2.24, 2.45) is 45.8 Å². The molecule has 0 aromatic heterocycles. The topological polar surface area (TPSA) is 342 Å². The van der Waals surface area contributed by atoms with Gasteiger partial charge in [-0.15, -0.1) is 6.58 Å². The van der Waals surface area contributed by atoms with E-state index in [1.165, 1.54) is 15.9 Å². The molecule has 0 radical (unpaired) electrons. The number of nitrogens with zero attached hydrogens (tertiary/aromatic N) is 2. The summed E-state index contributed by atoms with van der Waals surface area (Å²) in [5, 5.41) is 23.1. The van der Waals surface area contributed by atoms with Crippen molar-refractivity contribution < 1.29 is 64.8 Å². The highest BCUT2D eigenvalue weighted by molar-refractivity contribution is 7.93. The summed E-state index contributed by atoms with van der Waals surface area (Å²) in [6, 6.07) is -8.89. The van der Waals surface area contributed by atoms with E-state index in [0.29, 0.717) is 64.2 Å². The molecule has 10 amide bonds. The number of hydrogen-bond acceptors (Lipinski definition) is 14. The van der Waals surface area contributed by atoms with Gasteiger partial charge in [0.15, 0.2) is 19.7 Å². The second-order valence-electron chi connectivity index (χ2n) is 34.3. The van der Waals surface area contributed by atoms with Gasteiger partial charge >= 0.3 is 12.1 Å². The first kappa shape index (κ1) is 78.7. The Hall–Kier alpha value is -5.66. The lowest BCUT2D eigenvalue weighted by Crippen LogP contribution is -2.64. The van der Waals surface area contributed by atoms with Gasteiger partial charge in [0.05, 0.1) is 44.2 Å². The zero-order valence-corrected chi connectivity index (χ0v) is 62.4. The van der Waals surface area contributed by atoms with E-state index in [4.69, 9.17) is 0 Å². The van der Waals surface area contributed by atoms with Crippen molar-refractivity contribution in [3.8, 4) is 0 Å². The standard InChI is InChI=1S/C71H118N10O14S2/c1-17-25-48(53(82)60(87)73-46-28-29-46)74-58(85)52-51-47(69(51,15)16)40-81(52)62(89)56(77-64(91)79-71(33-23-20-24-34-71)42-97(94,95)67(10,11)12)68(13,14)35-30-43(3)45-38-50(57(84)75-49(37-44-26-27-44)54(83)59(86)72-36-18-2)80(39-45)61(88)55(65(4,5)6)76-63(90)78-70(31-21-19-22-32-70)41-96(92,93)66(7,8)9/h18,43-52,55-56H,2,17,19-42H2,1,3-16H3,(H,72,86)(H,73,87)(H,74,85)(H,75,84)(H2,76,78,90)(H2,77,79,91). The van der Waals surface area contributed by atoms with Crippen molar-refractivity contribution in [2.45, 2.75) is 295 Å². The van der Waals surface area contributed by atoms with E-state index in [0.717, 1.165) is 38.5 Å². The summed E-state index contributed by atoms with van der Waals surface area (Å²) >= 11 is 0. The predicted octanol–water partition coefficient (Wildman–Crippen LogP) is 6.63. The number of sulfone groups is 2. The summed E-state index contributed by atoms with van der Waals surface area (Å²) in [4.78, 5) is 148. The molecule has 8 N–H and O–H groups in total. The quantitative estimate of drug-likeness (QED) is 0.0276. The molecule has 2 aliphatic heterocycles. The molecule has 10 unspecified atom stereocenters. The number of carbonyl (C=O) groups is 10. The molecular weight excluding hydrogens is 1280 g/mol. The predicted molar refractivity (Wildman–Crippen MR) is 372 cm³/mol. The van der Waals surface area contributed by atoms with Crippen molar-refractivity contribution in [2.75, 3.05) is 31.1 Å². The number of likely N-dealkylation sites (tertiary alicyclic amines) is 2. The fourth-order valence-electron chi connectivity index (χ4n) is 15.2. The van der Waals surface area contributed by atoms with Crippen LogP contribution in [0.1, 0.15) is 232 Å². The molecule has 5 saturated carbocycles. The lowest BCUT2D eigenvalue weighted by atomic mass is 9.75. The Bertz CT molecular complexity index is 3200. The number of hydrogen-bond donors (Lipinski definition) is 8. The number of nitrogens with one attached hydrogen (secondary N) is 8. The first-order valence-corrected chi connectivity index (χ1v) is 39.3. The van der Waals surface area contributed by atoms with Gasteiger partial charge in [0.25, 0.3) is 11.8 Å². The summed E-state index contributed by atoms with van der Waals surface area (Å²) in [5.41, 5.74) is -4.79. The molecule has 2 saturated heterocycles. The van der Waals surface area contributed by atoms with Crippen LogP contribution in [0.2, 0.25) is 0 Å². The molecule has 0 aromatic carbocycles. The van der Waals surface area contributed by atoms with Crippen LogP contribution in [0.25, 0.3) is 0 Å². The number of Topliss-reactive ketones (excluding diaryl/α,β-unsaturated/α-hetero) is 2. The summed E-state index contributed by atoms with van der Waals surface area (Å²) in [6.07, 6.45) is 12.0. The van der Waals surface area contributed by atoms with E-state index in [1.54, 1.807) is 62.3 Å². The number of carbonyl (C=O) groups excluding carboxylic acids is 10. The smallest absolute Gasteiger partial charge is 0.315 e. The van der Waals surface area contributed by atoms with E-state index in [-0.39, 0.29) is 92.0 Å². The minimum atomic E-state index is -3.78. The Balaban J connectivity index is 1.20. The zero-order valence-electron chi connectivity index (χ0n) is 60.8. The van der Waals surface area contributed by atoms with E-state index < -0.39 is 152 Å². The minimum absolute atomic E-state index is 0.00130. The van der Waals surface area contributed by atoms with Gasteiger partial charge < -0.3 is 52.3 Å². The van der Waals surface area contributed by atoms with Gasteiger partial charge in [0.1, 0.15) is 24.2 Å². The Kier molecular flexibility index (Phi) is 24.6. The third-order valence-electron chi connectivity index (χ3n) is 22.5. The number of piperidine rings is 1. The van der Waals surface area contributed by atoms with Crippen LogP contribution < -0.4 is 42.5 Å². The largest absolute Gasteiger partial charge is 0.347 e. The summed E-state index contributed by atoms with van der Waals surface area (Å²) in [5.74, 6) is -7.50. The van der Waals surface area contributed by atoms with Crippen LogP contribution in [0.3, 0.4) is 0 Å². The maximum atomic E-state index is 15.9. The second-order valence-corrected chi connectivity index (χ2v) is 39.8. The molecule has 5 aliphatic carbocycles. The van der Waals surface area contributed by atoms with E-state index >= 15 is 14.4 Å². The summed E-state index contributed by atoms with van der Waals surface area (Å²) in [7, 11) is -7.51. The number of ketones is 2. The normalized spacial score (nSPS) is 24.7. The van der Waals surface area contributed by atoms with Crippen LogP contribution in [0.15, 0.2) is 12.7 Å². The second kappa shape index (κ2) is 30.3. The maximum Gasteiger partial charge on any atom is 0.315 e. The molecule has 0 spiro atoms. The molecule has 0 bridgehead atoms. The Morgan fingerprint density at radius 1 is 0.608 bits per heavy atom. The maximum absolute atomic E-state index is 15.9. The van der Waals surface area contributed by atoms with Crippen molar-refractivity contribution in [3.05, 3.63) is 12.7 Å². The monoisotopic (exact) mass is 1400 g/mol. The summed E-state index contributed by atoms with van der Waals surface area (Å²) in [6.45, 7) is 30.3. The number of fused-ring (bicyclic) bond motifs is 1. The molecule has 2 heterocycles. The van der Waals surface area contributed by atoms with Crippen molar-refractivity contribution in [1.29, 1.82) is 0 Å². The fraction of sp³-hybridized carbons (Fsp3) is 0.831. The third-order valence-corrected chi connectivity index (χ3v) is 28.1. The van der Waals surface area contributed by atoms with Crippen molar-refractivity contribution in [1.82, 2.24) is 52.3 Å². The van der Waals surface area contributed by atoms with Crippen LogP contribution in [0.5, 0.6) is 0 Å². The molecule has 97 heavy (non-hydrogen) atoms. The molecule has 0 aromatic rings. The lowest BCUT2D eigenvalue weighted by Gasteiger charge is -2.42. The van der Waals surface area contributed by atoms with Crippen LogP contribution >= 0.6 is 0 Å². The average molecular weight is 1400 g/mol. The minimum Gasteiger partial charge on any atom is -0.347 e. The zero-order chi connectivity index (χ0) is 72.4. The number of rotatable bonds is 30. The molecule has 24 nitrogen and oxygen atoms in total. The van der Waals surface area contributed by atoms with Crippen LogP contribution in [-0.4, -0.2) is 180 Å². The van der Waals surface area contributed by atoms with Crippen molar-refractivity contribution >= 4 is 78.7 Å². The van der Waals surface area contributed by atoms with Gasteiger partial charge in [0, 0.05) is 25.7 Å². The van der Waals surface area contributed by atoms with Crippen LogP contribution in [0.4, 0.5) is 9.59 Å². The van der Waals surface area contributed by atoms with E-state index in [2.05, 4.69) is 49.1 Å². The Morgan fingerprint density at radius 3 is 1.58 bits per heavy atom. The highest BCUT2D eigenvalue weighted by atomic mass is 32.2. The van der Waals surface area contributed by atoms with Gasteiger partial charge in [0.2, 0.25) is 35.2 Å². The van der Waals surface area contributed by atoms with E-state index in [9.17, 15) is 50.4 Å². The molecule has 26 heteroatoms. The van der Waals surface area contributed by atoms with E-state index in [1.807, 2.05) is 41.5 Å². The molecule has 10 atom stereocenters. The molecule has 7 fully saturated rings. The Labute approximate surface area is 577 Å². The van der Waals surface area contributed by atoms with Gasteiger partial charge in [-0.2, -0.15) is 0 Å². The van der Waals surface area contributed by atoms with Gasteiger partial charge in [-0.05, 0) is 158 Å². The SMILES string of the molecule is C=CCNC(=O)C(=O)C(CC1CC1)NC(=O)C1CC(C(C)CCC(C)(C)C(NC(=O)NC2(CS(=O)(=O)C(C)(C)C)CCCCC2)C(=O)N2CC3C(C2C(=O)NC(CCC)C(=O)C(=O)NC2CC2)C3(C)C)CN1C(=O)C(NC(=O)NC1(CS(=O)(=O)C(C)(C)C)CCCCC1)C(C)(C)C. The molecule has 7 rings (SSSR count). The average Bonchev–Trinajstić information content (AvgIpc) is 1.52.